The first kappa shape index (κ1) is 18.7. The number of carbonyl (C=O) groups is 1. The van der Waals surface area contributed by atoms with Gasteiger partial charge in [-0.1, -0.05) is 25.1 Å². The highest BCUT2D eigenvalue weighted by Crippen LogP contribution is 2.14. The van der Waals surface area contributed by atoms with Crippen molar-refractivity contribution < 1.29 is 9.90 Å². The highest BCUT2D eigenvalue weighted by Gasteiger charge is 2.25. The number of benzene rings is 1. The zero-order valence-corrected chi connectivity index (χ0v) is 13.9. The maximum atomic E-state index is 12.3. The van der Waals surface area contributed by atoms with Crippen LogP contribution in [0.5, 0.6) is 0 Å². The van der Waals surface area contributed by atoms with E-state index in [2.05, 4.69) is 11.8 Å². The third-order valence-corrected chi connectivity index (χ3v) is 4.26. The van der Waals surface area contributed by atoms with Crippen LogP contribution < -0.4 is 5.73 Å². The molecule has 1 aliphatic heterocycles. The number of amides is 1. The number of aliphatic hydroxyl groups is 1. The van der Waals surface area contributed by atoms with Gasteiger partial charge in [0.05, 0.1) is 13.0 Å². The highest BCUT2D eigenvalue weighted by molar-refractivity contribution is 5.85. The molecule has 0 bridgehead atoms. The third-order valence-electron chi connectivity index (χ3n) is 4.26. The number of nitrogen functional groups attached to an aromatic ring is 1. The van der Waals surface area contributed by atoms with Crippen molar-refractivity contribution in [2.24, 2.45) is 0 Å². The molecule has 1 unspecified atom stereocenters. The monoisotopic (exact) mass is 327 g/mol. The van der Waals surface area contributed by atoms with Gasteiger partial charge in [0.1, 0.15) is 0 Å². The van der Waals surface area contributed by atoms with E-state index in [1.54, 1.807) is 0 Å². The molecule has 6 heteroatoms. The van der Waals surface area contributed by atoms with E-state index in [1.165, 1.54) is 0 Å². The molecule has 1 aromatic carbocycles. The first-order valence-electron chi connectivity index (χ1n) is 7.61. The third kappa shape index (κ3) is 4.60. The lowest BCUT2D eigenvalue weighted by Gasteiger charge is -2.38. The van der Waals surface area contributed by atoms with Gasteiger partial charge in [-0.15, -0.1) is 12.4 Å². The molecule has 1 heterocycles. The van der Waals surface area contributed by atoms with E-state index in [9.17, 15) is 9.90 Å². The molecule has 0 spiro atoms. The van der Waals surface area contributed by atoms with Crippen LogP contribution in [0.25, 0.3) is 0 Å². The lowest BCUT2D eigenvalue weighted by Crippen LogP contribution is -2.53. The number of para-hydroxylation sites is 1. The van der Waals surface area contributed by atoms with E-state index in [-0.39, 0.29) is 31.0 Å². The summed E-state index contributed by atoms with van der Waals surface area (Å²) in [6.07, 6.45) is 1.30. The van der Waals surface area contributed by atoms with Crippen LogP contribution in [0.4, 0.5) is 5.69 Å². The molecule has 1 saturated heterocycles. The summed E-state index contributed by atoms with van der Waals surface area (Å²) in [6, 6.07) is 7.73. The highest BCUT2D eigenvalue weighted by atomic mass is 35.5. The summed E-state index contributed by atoms with van der Waals surface area (Å²) in [4.78, 5) is 16.5. The molecule has 1 aromatic rings. The van der Waals surface area contributed by atoms with E-state index < -0.39 is 0 Å². The van der Waals surface area contributed by atoms with Crippen LogP contribution in [0.2, 0.25) is 0 Å². The number of aliphatic hydroxyl groups excluding tert-OH is 1. The van der Waals surface area contributed by atoms with Crippen LogP contribution in [0, 0.1) is 0 Å². The van der Waals surface area contributed by atoms with Crippen molar-refractivity contribution in [3.63, 3.8) is 0 Å². The minimum Gasteiger partial charge on any atom is -0.398 e. The van der Waals surface area contributed by atoms with Crippen LogP contribution in [-0.2, 0) is 11.2 Å². The largest absolute Gasteiger partial charge is 0.398 e. The van der Waals surface area contributed by atoms with Gasteiger partial charge < -0.3 is 15.7 Å². The van der Waals surface area contributed by atoms with Crippen LogP contribution in [0.3, 0.4) is 0 Å². The Balaban J connectivity index is 0.00000242. The Morgan fingerprint density at radius 2 is 1.91 bits per heavy atom. The SMILES string of the molecule is CCC(CO)N1CCN(C(=O)Cc2ccccc2N)CC1.Cl. The quantitative estimate of drug-likeness (QED) is 0.796. The van der Waals surface area contributed by atoms with E-state index in [4.69, 9.17) is 5.73 Å². The Bertz CT molecular complexity index is 472. The Morgan fingerprint density at radius 3 is 2.45 bits per heavy atom. The number of anilines is 1. The fourth-order valence-electron chi connectivity index (χ4n) is 2.81. The Kier molecular flexibility index (Phi) is 7.65. The van der Waals surface area contributed by atoms with E-state index in [1.807, 2.05) is 29.2 Å². The van der Waals surface area contributed by atoms with Crippen molar-refractivity contribution in [1.29, 1.82) is 0 Å². The van der Waals surface area contributed by atoms with Gasteiger partial charge in [0.25, 0.3) is 0 Å². The van der Waals surface area contributed by atoms with Gasteiger partial charge in [-0.3, -0.25) is 9.69 Å². The predicted octanol–water partition coefficient (Wildman–Crippen LogP) is 1.15. The second-order valence-electron chi connectivity index (χ2n) is 5.54. The van der Waals surface area contributed by atoms with Crippen molar-refractivity contribution in [2.75, 3.05) is 38.5 Å². The molecule has 1 amide bonds. The van der Waals surface area contributed by atoms with Crippen LogP contribution in [-0.4, -0.2) is 59.6 Å². The van der Waals surface area contributed by atoms with Gasteiger partial charge in [-0.2, -0.15) is 0 Å². The summed E-state index contributed by atoms with van der Waals surface area (Å²) >= 11 is 0. The first-order valence-corrected chi connectivity index (χ1v) is 7.61. The molecule has 3 N–H and O–H groups in total. The number of carbonyl (C=O) groups excluding carboxylic acids is 1. The van der Waals surface area contributed by atoms with Crippen LogP contribution in [0.1, 0.15) is 18.9 Å². The van der Waals surface area contributed by atoms with E-state index >= 15 is 0 Å². The van der Waals surface area contributed by atoms with Crippen LogP contribution in [0.15, 0.2) is 24.3 Å². The number of rotatable bonds is 5. The minimum atomic E-state index is 0. The van der Waals surface area contributed by atoms with Gasteiger partial charge in [0.15, 0.2) is 0 Å². The lowest BCUT2D eigenvalue weighted by molar-refractivity contribution is -0.132. The number of halogens is 1. The van der Waals surface area contributed by atoms with Crippen molar-refractivity contribution >= 4 is 24.0 Å². The second kappa shape index (κ2) is 8.98. The maximum absolute atomic E-state index is 12.3. The topological polar surface area (TPSA) is 69.8 Å². The summed E-state index contributed by atoms with van der Waals surface area (Å²) in [5, 5.41) is 9.34. The standard InChI is InChI=1S/C16H25N3O2.ClH/c1-2-14(12-20)18-7-9-19(10-8-18)16(21)11-13-5-3-4-6-15(13)17;/h3-6,14,20H,2,7-12,17H2,1H3;1H. The fraction of sp³-hybridized carbons (Fsp3) is 0.562. The number of nitrogens with two attached hydrogens (primary N) is 1. The van der Waals surface area contributed by atoms with Gasteiger partial charge in [0, 0.05) is 37.9 Å². The molecule has 0 radical (unpaired) electrons. The van der Waals surface area contributed by atoms with Crippen molar-refractivity contribution in [3.8, 4) is 0 Å². The Labute approximate surface area is 138 Å². The predicted molar refractivity (Wildman–Crippen MR) is 91.1 cm³/mol. The first-order chi connectivity index (χ1) is 10.2. The minimum absolute atomic E-state index is 0. The number of nitrogens with zero attached hydrogens (tertiary/aromatic N) is 2. The summed E-state index contributed by atoms with van der Waals surface area (Å²) in [6.45, 7) is 5.37. The fourth-order valence-corrected chi connectivity index (χ4v) is 2.81. The average Bonchev–Trinajstić information content (AvgIpc) is 2.51. The number of hydrogen-bond acceptors (Lipinski definition) is 4. The molecule has 0 aliphatic carbocycles. The average molecular weight is 328 g/mol. The normalized spacial score (nSPS) is 16.9. The molecule has 1 atom stereocenters. The zero-order valence-electron chi connectivity index (χ0n) is 13.1. The molecular weight excluding hydrogens is 302 g/mol. The summed E-state index contributed by atoms with van der Waals surface area (Å²) in [5.41, 5.74) is 7.46. The van der Waals surface area contributed by atoms with E-state index in [0.717, 1.165) is 38.2 Å². The Morgan fingerprint density at radius 1 is 1.27 bits per heavy atom. The van der Waals surface area contributed by atoms with Gasteiger partial charge in [-0.25, -0.2) is 0 Å². The van der Waals surface area contributed by atoms with Crippen molar-refractivity contribution in [3.05, 3.63) is 29.8 Å². The molecule has 22 heavy (non-hydrogen) atoms. The van der Waals surface area contributed by atoms with Gasteiger partial charge >= 0.3 is 0 Å². The smallest absolute Gasteiger partial charge is 0.227 e. The maximum Gasteiger partial charge on any atom is 0.227 e. The summed E-state index contributed by atoms with van der Waals surface area (Å²) in [7, 11) is 0. The summed E-state index contributed by atoms with van der Waals surface area (Å²) < 4.78 is 0. The van der Waals surface area contributed by atoms with Crippen molar-refractivity contribution in [1.82, 2.24) is 9.80 Å². The summed E-state index contributed by atoms with van der Waals surface area (Å²) in [5.74, 6) is 0.129. The molecule has 0 aromatic heterocycles. The number of piperazine rings is 1. The molecule has 1 aliphatic rings. The van der Waals surface area contributed by atoms with Gasteiger partial charge in [0.2, 0.25) is 5.91 Å². The molecule has 0 saturated carbocycles. The number of hydrogen-bond donors (Lipinski definition) is 2. The molecule has 5 nitrogen and oxygen atoms in total. The molecular formula is C16H26ClN3O2. The Hall–Kier alpha value is -1.30. The molecule has 2 rings (SSSR count). The molecule has 1 fully saturated rings. The lowest BCUT2D eigenvalue weighted by atomic mass is 10.1. The second-order valence-corrected chi connectivity index (χ2v) is 5.54. The van der Waals surface area contributed by atoms with Crippen LogP contribution >= 0.6 is 12.4 Å². The molecule has 124 valence electrons. The zero-order chi connectivity index (χ0) is 15.2. The van der Waals surface area contributed by atoms with Gasteiger partial charge in [-0.05, 0) is 18.1 Å². The van der Waals surface area contributed by atoms with E-state index in [0.29, 0.717) is 12.1 Å². The van der Waals surface area contributed by atoms with Crippen molar-refractivity contribution in [2.45, 2.75) is 25.8 Å².